The fraction of sp³-hybridized carbons (Fsp3) is 0.412. The molecular formula is C17H21FN4O2. The molecule has 1 aliphatic carbocycles. The van der Waals surface area contributed by atoms with E-state index >= 15 is 0 Å². The molecule has 24 heavy (non-hydrogen) atoms. The van der Waals surface area contributed by atoms with Crippen LogP contribution in [0.25, 0.3) is 5.69 Å². The number of amides is 1. The average molecular weight is 332 g/mol. The third kappa shape index (κ3) is 2.99. The number of halogens is 1. The van der Waals surface area contributed by atoms with Gasteiger partial charge in [0.1, 0.15) is 5.82 Å². The zero-order valence-electron chi connectivity index (χ0n) is 13.6. The van der Waals surface area contributed by atoms with E-state index in [9.17, 15) is 14.3 Å². The van der Waals surface area contributed by atoms with Crippen LogP contribution >= 0.6 is 0 Å². The number of hydrogen-bond donors (Lipinski definition) is 3. The smallest absolute Gasteiger partial charge is 0.276 e. The van der Waals surface area contributed by atoms with E-state index in [1.54, 1.807) is 13.0 Å². The Labute approximate surface area is 139 Å². The molecule has 0 radical (unpaired) electrons. The van der Waals surface area contributed by atoms with Gasteiger partial charge in [-0.1, -0.05) is 12.8 Å². The molecule has 0 aliphatic heterocycles. The van der Waals surface area contributed by atoms with Crippen molar-refractivity contribution in [1.29, 1.82) is 0 Å². The fourth-order valence-electron chi connectivity index (χ4n) is 3.26. The molecule has 1 saturated carbocycles. The van der Waals surface area contributed by atoms with Gasteiger partial charge in [-0.15, -0.1) is 0 Å². The minimum Gasteiger partial charge on any atom is -0.504 e. The van der Waals surface area contributed by atoms with E-state index < -0.39 is 11.4 Å². The molecular weight excluding hydrogens is 311 g/mol. The first-order chi connectivity index (χ1) is 11.4. The van der Waals surface area contributed by atoms with Crippen LogP contribution in [-0.2, 0) is 0 Å². The Morgan fingerprint density at radius 2 is 2.17 bits per heavy atom. The van der Waals surface area contributed by atoms with Crippen molar-refractivity contribution in [3.8, 4) is 11.4 Å². The highest BCUT2D eigenvalue weighted by molar-refractivity contribution is 5.95. The number of carbonyl (C=O) groups is 1. The van der Waals surface area contributed by atoms with Gasteiger partial charge in [-0.25, -0.2) is 9.07 Å². The average Bonchev–Trinajstić information content (AvgIpc) is 3.14. The SMILES string of the molecule is Cc1cc(F)ccc1-n1cc(O)c(C(=O)NC2(CN)CCCC2)n1. The molecule has 0 unspecified atom stereocenters. The van der Waals surface area contributed by atoms with E-state index in [4.69, 9.17) is 5.73 Å². The first-order valence-electron chi connectivity index (χ1n) is 8.02. The Bertz CT molecular complexity index is 766. The van der Waals surface area contributed by atoms with Crippen LogP contribution in [0.2, 0.25) is 0 Å². The maximum Gasteiger partial charge on any atom is 0.276 e. The summed E-state index contributed by atoms with van der Waals surface area (Å²) < 4.78 is 14.6. The van der Waals surface area contributed by atoms with E-state index in [0.29, 0.717) is 17.8 Å². The van der Waals surface area contributed by atoms with Gasteiger partial charge in [-0.05, 0) is 43.5 Å². The number of nitrogens with one attached hydrogen (secondary N) is 1. The van der Waals surface area contributed by atoms with Gasteiger partial charge >= 0.3 is 0 Å². The zero-order chi connectivity index (χ0) is 17.3. The molecule has 0 spiro atoms. The normalized spacial score (nSPS) is 16.3. The summed E-state index contributed by atoms with van der Waals surface area (Å²) in [6.07, 6.45) is 5.04. The molecule has 1 amide bonds. The molecule has 2 aromatic rings. The number of nitrogens with zero attached hydrogens (tertiary/aromatic N) is 2. The first kappa shape index (κ1) is 16.4. The molecule has 1 aromatic heterocycles. The van der Waals surface area contributed by atoms with Gasteiger partial charge in [0.05, 0.1) is 17.4 Å². The number of aromatic nitrogens is 2. The van der Waals surface area contributed by atoms with Crippen molar-refractivity contribution in [3.63, 3.8) is 0 Å². The predicted octanol–water partition coefficient (Wildman–Crippen LogP) is 2.03. The molecule has 128 valence electrons. The van der Waals surface area contributed by atoms with Gasteiger partial charge < -0.3 is 16.2 Å². The topological polar surface area (TPSA) is 93.2 Å². The molecule has 0 atom stereocenters. The van der Waals surface area contributed by atoms with Crippen molar-refractivity contribution in [2.24, 2.45) is 5.73 Å². The Morgan fingerprint density at radius 1 is 1.46 bits per heavy atom. The molecule has 1 aromatic carbocycles. The van der Waals surface area contributed by atoms with Gasteiger partial charge in [0.25, 0.3) is 5.91 Å². The Kier molecular flexibility index (Phi) is 4.28. The van der Waals surface area contributed by atoms with E-state index in [1.807, 2.05) is 0 Å². The maximum atomic E-state index is 13.2. The lowest BCUT2D eigenvalue weighted by Gasteiger charge is -2.28. The lowest BCUT2D eigenvalue weighted by atomic mass is 9.97. The lowest BCUT2D eigenvalue weighted by Crippen LogP contribution is -2.51. The Balaban J connectivity index is 1.87. The second-order valence-electron chi connectivity index (χ2n) is 6.38. The highest BCUT2D eigenvalue weighted by atomic mass is 19.1. The van der Waals surface area contributed by atoms with E-state index in [-0.39, 0.29) is 17.3 Å². The van der Waals surface area contributed by atoms with Crippen molar-refractivity contribution >= 4 is 5.91 Å². The summed E-state index contributed by atoms with van der Waals surface area (Å²) in [4.78, 5) is 12.5. The van der Waals surface area contributed by atoms with Crippen LogP contribution in [0.3, 0.4) is 0 Å². The minimum atomic E-state index is -0.446. The third-order valence-corrected chi connectivity index (χ3v) is 4.65. The van der Waals surface area contributed by atoms with Crippen molar-refractivity contribution in [1.82, 2.24) is 15.1 Å². The molecule has 1 aliphatic rings. The highest BCUT2D eigenvalue weighted by Gasteiger charge is 2.35. The molecule has 0 saturated heterocycles. The molecule has 0 bridgehead atoms. The van der Waals surface area contributed by atoms with Gasteiger partial charge in [0.2, 0.25) is 0 Å². The van der Waals surface area contributed by atoms with Gasteiger partial charge in [-0.2, -0.15) is 5.10 Å². The molecule has 3 rings (SSSR count). The molecule has 1 heterocycles. The van der Waals surface area contributed by atoms with Gasteiger partial charge in [-0.3, -0.25) is 4.79 Å². The van der Waals surface area contributed by atoms with Crippen LogP contribution in [0.4, 0.5) is 4.39 Å². The molecule has 6 nitrogen and oxygen atoms in total. The summed E-state index contributed by atoms with van der Waals surface area (Å²) in [5.41, 5.74) is 6.60. The molecule has 4 N–H and O–H groups in total. The van der Waals surface area contributed by atoms with Crippen molar-refractivity contribution in [2.45, 2.75) is 38.1 Å². The van der Waals surface area contributed by atoms with Crippen LogP contribution in [-0.4, -0.2) is 32.9 Å². The fourth-order valence-corrected chi connectivity index (χ4v) is 3.26. The second-order valence-corrected chi connectivity index (χ2v) is 6.38. The van der Waals surface area contributed by atoms with Gasteiger partial charge in [0.15, 0.2) is 11.4 Å². The Morgan fingerprint density at radius 3 is 2.79 bits per heavy atom. The van der Waals surface area contributed by atoms with Crippen molar-refractivity contribution < 1.29 is 14.3 Å². The minimum absolute atomic E-state index is 0.0570. The number of benzene rings is 1. The summed E-state index contributed by atoms with van der Waals surface area (Å²) >= 11 is 0. The second kappa shape index (κ2) is 6.24. The van der Waals surface area contributed by atoms with Crippen LogP contribution in [0, 0.1) is 12.7 Å². The van der Waals surface area contributed by atoms with E-state index in [2.05, 4.69) is 10.4 Å². The summed E-state index contributed by atoms with van der Waals surface area (Å²) in [6, 6.07) is 4.23. The number of aryl methyl sites for hydroxylation is 1. The van der Waals surface area contributed by atoms with E-state index in [1.165, 1.54) is 23.0 Å². The summed E-state index contributed by atoms with van der Waals surface area (Å²) in [5.74, 6) is -1.02. The monoisotopic (exact) mass is 332 g/mol. The standard InChI is InChI=1S/C17H21FN4O2/c1-11-8-12(18)4-5-13(11)22-9-14(23)15(21-22)16(24)20-17(10-19)6-2-3-7-17/h4-5,8-9,23H,2-3,6-7,10,19H2,1H3,(H,20,24). The number of hydrogen-bond acceptors (Lipinski definition) is 4. The first-order valence-corrected chi connectivity index (χ1v) is 8.02. The van der Waals surface area contributed by atoms with Crippen LogP contribution < -0.4 is 11.1 Å². The quantitative estimate of drug-likeness (QED) is 0.798. The number of rotatable bonds is 4. The van der Waals surface area contributed by atoms with Crippen LogP contribution in [0.1, 0.15) is 41.7 Å². The van der Waals surface area contributed by atoms with E-state index in [0.717, 1.165) is 25.7 Å². The summed E-state index contributed by atoms with van der Waals surface area (Å²) in [6.45, 7) is 2.09. The number of carbonyl (C=O) groups excluding carboxylic acids is 1. The summed E-state index contributed by atoms with van der Waals surface area (Å²) in [7, 11) is 0. The number of nitrogens with two attached hydrogens (primary N) is 1. The summed E-state index contributed by atoms with van der Waals surface area (Å²) in [5, 5.41) is 17.2. The molecule has 1 fully saturated rings. The van der Waals surface area contributed by atoms with Crippen molar-refractivity contribution in [3.05, 3.63) is 41.5 Å². The van der Waals surface area contributed by atoms with Gasteiger partial charge in [0, 0.05) is 6.54 Å². The van der Waals surface area contributed by atoms with Crippen molar-refractivity contribution in [2.75, 3.05) is 6.54 Å². The van der Waals surface area contributed by atoms with Crippen LogP contribution in [0.5, 0.6) is 5.75 Å². The largest absolute Gasteiger partial charge is 0.504 e. The predicted molar refractivity (Wildman–Crippen MR) is 87.6 cm³/mol. The van der Waals surface area contributed by atoms with Crippen LogP contribution in [0.15, 0.2) is 24.4 Å². The lowest BCUT2D eigenvalue weighted by molar-refractivity contribution is 0.0895. The third-order valence-electron chi connectivity index (χ3n) is 4.65. The Hall–Kier alpha value is -2.41. The zero-order valence-corrected chi connectivity index (χ0v) is 13.6. The highest BCUT2D eigenvalue weighted by Crippen LogP contribution is 2.29. The maximum absolute atomic E-state index is 13.2. The number of aromatic hydroxyl groups is 1. The molecule has 7 heteroatoms.